The Morgan fingerprint density at radius 1 is 1.43 bits per heavy atom. The fourth-order valence-corrected chi connectivity index (χ4v) is 1.61. The number of carbonyl (C=O) groups is 1. The van der Waals surface area contributed by atoms with Crippen molar-refractivity contribution >= 4 is 11.5 Å². The number of aromatic nitrogens is 1. The molecule has 0 unspecified atom stereocenters. The van der Waals surface area contributed by atoms with E-state index in [4.69, 9.17) is 4.74 Å². The zero-order chi connectivity index (χ0) is 10.1. The molecule has 0 aliphatic heterocycles. The SMILES string of the molecule is COC(=O)c1c(C)cc2ccccn12. The molecule has 0 aliphatic carbocycles. The molecule has 72 valence electrons. The van der Waals surface area contributed by atoms with Gasteiger partial charge in [-0.2, -0.15) is 0 Å². The highest BCUT2D eigenvalue weighted by atomic mass is 16.5. The van der Waals surface area contributed by atoms with Crippen LogP contribution in [0.3, 0.4) is 0 Å². The molecule has 0 aliphatic rings. The molecule has 0 spiro atoms. The summed E-state index contributed by atoms with van der Waals surface area (Å²) in [5.41, 5.74) is 2.54. The molecule has 2 aromatic heterocycles. The summed E-state index contributed by atoms with van der Waals surface area (Å²) in [7, 11) is 1.39. The van der Waals surface area contributed by atoms with Gasteiger partial charge in [-0.3, -0.25) is 0 Å². The number of pyridine rings is 1. The van der Waals surface area contributed by atoms with Crippen molar-refractivity contribution in [3.8, 4) is 0 Å². The van der Waals surface area contributed by atoms with E-state index >= 15 is 0 Å². The lowest BCUT2D eigenvalue weighted by molar-refractivity contribution is 0.0592. The van der Waals surface area contributed by atoms with E-state index in [1.807, 2.05) is 41.8 Å². The molecule has 0 bridgehead atoms. The van der Waals surface area contributed by atoms with Crippen molar-refractivity contribution in [2.75, 3.05) is 7.11 Å². The molecule has 0 amide bonds. The number of aryl methyl sites for hydroxylation is 1. The lowest BCUT2D eigenvalue weighted by Gasteiger charge is -2.01. The van der Waals surface area contributed by atoms with Gasteiger partial charge in [0.2, 0.25) is 0 Å². The number of hydrogen-bond donors (Lipinski definition) is 0. The van der Waals surface area contributed by atoms with Crippen LogP contribution in [0.1, 0.15) is 16.1 Å². The molecule has 2 heterocycles. The van der Waals surface area contributed by atoms with E-state index in [-0.39, 0.29) is 5.97 Å². The smallest absolute Gasteiger partial charge is 0.355 e. The van der Waals surface area contributed by atoms with Gasteiger partial charge in [0.1, 0.15) is 5.69 Å². The minimum Gasteiger partial charge on any atom is -0.464 e. The molecule has 14 heavy (non-hydrogen) atoms. The minimum absolute atomic E-state index is 0.297. The highest BCUT2D eigenvalue weighted by molar-refractivity contribution is 5.91. The van der Waals surface area contributed by atoms with Gasteiger partial charge in [-0.05, 0) is 30.7 Å². The molecule has 0 saturated carbocycles. The Labute approximate surface area is 81.9 Å². The van der Waals surface area contributed by atoms with Crippen LogP contribution in [0, 0.1) is 6.92 Å². The summed E-state index contributed by atoms with van der Waals surface area (Å²) in [6, 6.07) is 7.75. The topological polar surface area (TPSA) is 30.7 Å². The fourth-order valence-electron chi connectivity index (χ4n) is 1.61. The molecule has 0 aromatic carbocycles. The summed E-state index contributed by atoms with van der Waals surface area (Å²) in [6.07, 6.45) is 1.86. The third-order valence-electron chi connectivity index (χ3n) is 2.25. The second kappa shape index (κ2) is 3.18. The van der Waals surface area contributed by atoms with Gasteiger partial charge in [0.05, 0.1) is 7.11 Å². The molecular weight excluding hydrogens is 178 g/mol. The molecular formula is C11H11NO2. The number of methoxy groups -OCH3 is 1. The van der Waals surface area contributed by atoms with Gasteiger partial charge >= 0.3 is 5.97 Å². The van der Waals surface area contributed by atoms with Crippen molar-refractivity contribution in [3.63, 3.8) is 0 Å². The Hall–Kier alpha value is -1.77. The summed E-state index contributed by atoms with van der Waals surface area (Å²) in [4.78, 5) is 11.5. The summed E-state index contributed by atoms with van der Waals surface area (Å²) in [6.45, 7) is 1.90. The van der Waals surface area contributed by atoms with Crippen LogP contribution < -0.4 is 0 Å². The van der Waals surface area contributed by atoms with Crippen molar-refractivity contribution in [3.05, 3.63) is 41.7 Å². The predicted octanol–water partition coefficient (Wildman–Crippen LogP) is 2.03. The van der Waals surface area contributed by atoms with E-state index in [1.165, 1.54) is 7.11 Å². The highest BCUT2D eigenvalue weighted by Gasteiger charge is 2.14. The Morgan fingerprint density at radius 2 is 2.21 bits per heavy atom. The van der Waals surface area contributed by atoms with Crippen molar-refractivity contribution in [2.24, 2.45) is 0 Å². The molecule has 2 rings (SSSR count). The van der Waals surface area contributed by atoms with Gasteiger partial charge in [-0.15, -0.1) is 0 Å². The van der Waals surface area contributed by atoms with Crippen LogP contribution in [-0.4, -0.2) is 17.5 Å². The van der Waals surface area contributed by atoms with Crippen LogP contribution in [0.15, 0.2) is 30.5 Å². The van der Waals surface area contributed by atoms with E-state index < -0.39 is 0 Å². The minimum atomic E-state index is -0.297. The molecule has 0 atom stereocenters. The lowest BCUT2D eigenvalue weighted by Crippen LogP contribution is -2.06. The van der Waals surface area contributed by atoms with Gasteiger partial charge in [0.25, 0.3) is 0 Å². The van der Waals surface area contributed by atoms with Gasteiger partial charge in [-0.1, -0.05) is 6.07 Å². The summed E-state index contributed by atoms with van der Waals surface area (Å²) < 4.78 is 6.56. The van der Waals surface area contributed by atoms with Crippen LogP contribution in [0.5, 0.6) is 0 Å². The van der Waals surface area contributed by atoms with Crippen LogP contribution in [0.25, 0.3) is 5.52 Å². The van der Waals surface area contributed by atoms with Crippen molar-refractivity contribution in [1.29, 1.82) is 0 Å². The Balaban J connectivity index is 2.74. The Morgan fingerprint density at radius 3 is 2.93 bits per heavy atom. The van der Waals surface area contributed by atoms with Crippen LogP contribution in [0.4, 0.5) is 0 Å². The van der Waals surface area contributed by atoms with Gasteiger partial charge < -0.3 is 9.14 Å². The van der Waals surface area contributed by atoms with Crippen molar-refractivity contribution in [1.82, 2.24) is 4.40 Å². The van der Waals surface area contributed by atoms with E-state index in [2.05, 4.69) is 0 Å². The number of ether oxygens (including phenoxy) is 1. The third-order valence-corrected chi connectivity index (χ3v) is 2.25. The number of rotatable bonds is 1. The number of hydrogen-bond acceptors (Lipinski definition) is 2. The summed E-state index contributed by atoms with van der Waals surface area (Å²) >= 11 is 0. The van der Waals surface area contributed by atoms with Crippen LogP contribution in [-0.2, 0) is 4.74 Å². The fraction of sp³-hybridized carbons (Fsp3) is 0.182. The molecule has 3 nitrogen and oxygen atoms in total. The van der Waals surface area contributed by atoms with Crippen LogP contribution in [0.2, 0.25) is 0 Å². The van der Waals surface area contributed by atoms with E-state index in [0.717, 1.165) is 11.1 Å². The van der Waals surface area contributed by atoms with Gasteiger partial charge in [0.15, 0.2) is 0 Å². The molecule has 0 saturated heterocycles. The second-order valence-corrected chi connectivity index (χ2v) is 3.16. The lowest BCUT2D eigenvalue weighted by atomic mass is 10.3. The Bertz CT molecular complexity index is 485. The molecule has 0 N–H and O–H groups in total. The van der Waals surface area contributed by atoms with E-state index in [0.29, 0.717) is 5.69 Å². The quantitative estimate of drug-likeness (QED) is 0.643. The van der Waals surface area contributed by atoms with E-state index in [9.17, 15) is 4.79 Å². The maximum Gasteiger partial charge on any atom is 0.355 e. The first-order valence-corrected chi connectivity index (χ1v) is 4.39. The normalized spacial score (nSPS) is 10.4. The number of fused-ring (bicyclic) bond motifs is 1. The zero-order valence-electron chi connectivity index (χ0n) is 8.15. The molecule has 2 aromatic rings. The largest absolute Gasteiger partial charge is 0.464 e. The molecule has 0 fully saturated rings. The third kappa shape index (κ3) is 1.18. The molecule has 3 heteroatoms. The van der Waals surface area contributed by atoms with Gasteiger partial charge in [0, 0.05) is 11.7 Å². The first-order chi connectivity index (χ1) is 6.74. The van der Waals surface area contributed by atoms with Crippen LogP contribution >= 0.6 is 0 Å². The highest BCUT2D eigenvalue weighted by Crippen LogP contribution is 2.16. The summed E-state index contributed by atoms with van der Waals surface area (Å²) in [5, 5.41) is 0. The average molecular weight is 189 g/mol. The first kappa shape index (κ1) is 8.81. The Kier molecular flexibility index (Phi) is 2.00. The summed E-state index contributed by atoms with van der Waals surface area (Å²) in [5.74, 6) is -0.297. The van der Waals surface area contributed by atoms with Crippen molar-refractivity contribution in [2.45, 2.75) is 6.92 Å². The first-order valence-electron chi connectivity index (χ1n) is 4.39. The second-order valence-electron chi connectivity index (χ2n) is 3.16. The monoisotopic (exact) mass is 189 g/mol. The number of esters is 1. The predicted molar refractivity (Wildman–Crippen MR) is 53.5 cm³/mol. The van der Waals surface area contributed by atoms with E-state index in [1.54, 1.807) is 0 Å². The average Bonchev–Trinajstić information content (AvgIpc) is 2.53. The van der Waals surface area contributed by atoms with Gasteiger partial charge in [-0.25, -0.2) is 4.79 Å². The standard InChI is InChI=1S/C11H11NO2/c1-8-7-9-5-3-4-6-12(9)10(8)11(13)14-2/h3-7H,1-2H3. The molecule has 0 radical (unpaired) electrons. The zero-order valence-corrected chi connectivity index (χ0v) is 8.15. The maximum absolute atomic E-state index is 11.5. The number of nitrogens with zero attached hydrogens (tertiary/aromatic N) is 1. The van der Waals surface area contributed by atoms with Crippen molar-refractivity contribution < 1.29 is 9.53 Å². The number of carbonyl (C=O) groups excluding carboxylic acids is 1. The maximum atomic E-state index is 11.5.